The molecule has 0 aromatic carbocycles. The minimum atomic E-state index is -0.806. The van der Waals surface area contributed by atoms with Crippen molar-refractivity contribution in [1.29, 1.82) is 0 Å². The average Bonchev–Trinajstić information content (AvgIpc) is 2.18. The first-order valence-electron chi connectivity index (χ1n) is 4.59. The Bertz CT molecular complexity index is 287. The van der Waals surface area contributed by atoms with E-state index in [9.17, 15) is 4.79 Å². The summed E-state index contributed by atoms with van der Waals surface area (Å²) in [5.74, 6) is -0.806. The SMILES string of the molecule is CCNC(CC(=O)O)c1cccnc1. The molecule has 4 heteroatoms. The van der Waals surface area contributed by atoms with Crippen molar-refractivity contribution in [3.8, 4) is 0 Å². The molecule has 0 aliphatic rings. The number of aliphatic carboxylic acids is 1. The minimum absolute atomic E-state index is 0.0829. The molecule has 1 atom stereocenters. The molecule has 1 aromatic heterocycles. The summed E-state index contributed by atoms with van der Waals surface area (Å²) in [4.78, 5) is 14.6. The zero-order valence-electron chi connectivity index (χ0n) is 8.10. The summed E-state index contributed by atoms with van der Waals surface area (Å²) in [7, 11) is 0. The maximum absolute atomic E-state index is 10.6. The van der Waals surface area contributed by atoms with Gasteiger partial charge >= 0.3 is 5.97 Å². The second-order valence-corrected chi connectivity index (χ2v) is 2.99. The number of hydrogen-bond donors (Lipinski definition) is 2. The monoisotopic (exact) mass is 194 g/mol. The van der Waals surface area contributed by atoms with Crippen molar-refractivity contribution in [1.82, 2.24) is 10.3 Å². The lowest BCUT2D eigenvalue weighted by molar-refractivity contribution is -0.137. The molecule has 0 amide bonds. The van der Waals surface area contributed by atoms with Crippen LogP contribution in [0.3, 0.4) is 0 Å². The van der Waals surface area contributed by atoms with Gasteiger partial charge in [-0.2, -0.15) is 0 Å². The van der Waals surface area contributed by atoms with E-state index in [1.165, 1.54) is 0 Å². The number of aromatic nitrogens is 1. The number of carbonyl (C=O) groups is 1. The molecule has 0 saturated heterocycles. The summed E-state index contributed by atoms with van der Waals surface area (Å²) in [6.45, 7) is 2.69. The van der Waals surface area contributed by atoms with Crippen LogP contribution < -0.4 is 5.32 Å². The summed E-state index contributed by atoms with van der Waals surface area (Å²) >= 11 is 0. The molecule has 0 fully saturated rings. The van der Waals surface area contributed by atoms with Gasteiger partial charge < -0.3 is 10.4 Å². The van der Waals surface area contributed by atoms with E-state index in [0.717, 1.165) is 12.1 Å². The molecule has 0 aliphatic heterocycles. The Morgan fingerprint density at radius 2 is 2.50 bits per heavy atom. The van der Waals surface area contributed by atoms with E-state index in [2.05, 4.69) is 10.3 Å². The number of hydrogen-bond acceptors (Lipinski definition) is 3. The Hall–Kier alpha value is -1.42. The summed E-state index contributed by atoms with van der Waals surface area (Å²) in [5.41, 5.74) is 0.914. The predicted molar refractivity (Wildman–Crippen MR) is 52.9 cm³/mol. The standard InChI is InChI=1S/C10H14N2O2/c1-2-12-9(6-10(13)14)8-4-3-5-11-7-8/h3-5,7,9,12H,2,6H2,1H3,(H,13,14). The number of pyridine rings is 1. The highest BCUT2D eigenvalue weighted by Crippen LogP contribution is 2.14. The van der Waals surface area contributed by atoms with Crippen molar-refractivity contribution >= 4 is 5.97 Å². The fourth-order valence-electron chi connectivity index (χ4n) is 1.31. The summed E-state index contributed by atoms with van der Waals surface area (Å²) in [6.07, 6.45) is 3.45. The van der Waals surface area contributed by atoms with E-state index in [1.54, 1.807) is 12.4 Å². The van der Waals surface area contributed by atoms with Gasteiger partial charge in [-0.25, -0.2) is 0 Å². The van der Waals surface area contributed by atoms with E-state index in [0.29, 0.717) is 0 Å². The van der Waals surface area contributed by atoms with Gasteiger partial charge in [-0.15, -0.1) is 0 Å². The normalized spacial score (nSPS) is 12.4. The molecule has 0 radical (unpaired) electrons. The van der Waals surface area contributed by atoms with Crippen molar-refractivity contribution in [3.05, 3.63) is 30.1 Å². The van der Waals surface area contributed by atoms with Crippen molar-refractivity contribution in [2.45, 2.75) is 19.4 Å². The van der Waals surface area contributed by atoms with Crippen molar-refractivity contribution < 1.29 is 9.90 Å². The van der Waals surface area contributed by atoms with Crippen LogP contribution in [0.25, 0.3) is 0 Å². The summed E-state index contributed by atoms with van der Waals surface area (Å²) in [5, 5.41) is 11.8. The molecule has 0 aliphatic carbocycles. The van der Waals surface area contributed by atoms with Gasteiger partial charge in [-0.3, -0.25) is 9.78 Å². The third kappa shape index (κ3) is 3.14. The molecule has 1 unspecified atom stereocenters. The van der Waals surface area contributed by atoms with Crippen LogP contribution in [-0.4, -0.2) is 22.6 Å². The molecule has 1 heterocycles. The highest BCUT2D eigenvalue weighted by atomic mass is 16.4. The van der Waals surface area contributed by atoms with Gasteiger partial charge in [0.2, 0.25) is 0 Å². The third-order valence-corrected chi connectivity index (χ3v) is 1.92. The fourth-order valence-corrected chi connectivity index (χ4v) is 1.31. The number of carboxylic acid groups (broad SMARTS) is 1. The van der Waals surface area contributed by atoms with Gasteiger partial charge in [0.15, 0.2) is 0 Å². The zero-order valence-corrected chi connectivity index (χ0v) is 8.10. The average molecular weight is 194 g/mol. The summed E-state index contributed by atoms with van der Waals surface area (Å²) in [6, 6.07) is 3.54. The molecule has 4 nitrogen and oxygen atoms in total. The van der Waals surface area contributed by atoms with Gasteiger partial charge in [-0.1, -0.05) is 13.0 Å². The molecule has 2 N–H and O–H groups in total. The van der Waals surface area contributed by atoms with Gasteiger partial charge in [-0.05, 0) is 18.2 Å². The van der Waals surface area contributed by atoms with Crippen LogP contribution in [0.5, 0.6) is 0 Å². The Kier molecular flexibility index (Phi) is 4.07. The quantitative estimate of drug-likeness (QED) is 0.739. The summed E-state index contributed by atoms with van der Waals surface area (Å²) < 4.78 is 0. The van der Waals surface area contributed by atoms with E-state index < -0.39 is 5.97 Å². The van der Waals surface area contributed by atoms with Crippen LogP contribution >= 0.6 is 0 Å². The Balaban J connectivity index is 2.72. The van der Waals surface area contributed by atoms with Crippen LogP contribution in [0.15, 0.2) is 24.5 Å². The van der Waals surface area contributed by atoms with Gasteiger partial charge in [0.1, 0.15) is 0 Å². The second kappa shape index (κ2) is 5.34. The molecular formula is C10H14N2O2. The third-order valence-electron chi connectivity index (χ3n) is 1.92. The van der Waals surface area contributed by atoms with Crippen molar-refractivity contribution in [3.63, 3.8) is 0 Å². The molecule has 0 bridgehead atoms. The molecule has 0 spiro atoms. The zero-order chi connectivity index (χ0) is 10.4. The highest BCUT2D eigenvalue weighted by molar-refractivity contribution is 5.67. The maximum Gasteiger partial charge on any atom is 0.305 e. The lowest BCUT2D eigenvalue weighted by atomic mass is 10.1. The first-order valence-corrected chi connectivity index (χ1v) is 4.59. The van der Waals surface area contributed by atoms with Crippen molar-refractivity contribution in [2.75, 3.05) is 6.54 Å². The molecule has 1 rings (SSSR count). The van der Waals surface area contributed by atoms with Gasteiger partial charge in [0.25, 0.3) is 0 Å². The number of carboxylic acids is 1. The Morgan fingerprint density at radius 3 is 3.00 bits per heavy atom. The fraction of sp³-hybridized carbons (Fsp3) is 0.400. The first kappa shape index (κ1) is 10.7. The van der Waals surface area contributed by atoms with E-state index in [4.69, 9.17) is 5.11 Å². The molecule has 0 saturated carbocycles. The molecule has 76 valence electrons. The van der Waals surface area contributed by atoms with E-state index in [-0.39, 0.29) is 12.5 Å². The molecule has 14 heavy (non-hydrogen) atoms. The predicted octanol–water partition coefficient (Wildman–Crippen LogP) is 1.21. The van der Waals surface area contributed by atoms with Crippen molar-refractivity contribution in [2.24, 2.45) is 0 Å². The highest BCUT2D eigenvalue weighted by Gasteiger charge is 2.13. The van der Waals surface area contributed by atoms with Crippen LogP contribution in [0, 0.1) is 0 Å². The largest absolute Gasteiger partial charge is 0.481 e. The number of rotatable bonds is 5. The Labute approximate surface area is 83.0 Å². The lowest BCUT2D eigenvalue weighted by Gasteiger charge is -2.15. The van der Waals surface area contributed by atoms with E-state index >= 15 is 0 Å². The van der Waals surface area contributed by atoms with Crippen LogP contribution in [0.2, 0.25) is 0 Å². The number of nitrogens with one attached hydrogen (secondary N) is 1. The van der Waals surface area contributed by atoms with Crippen LogP contribution in [-0.2, 0) is 4.79 Å². The van der Waals surface area contributed by atoms with Gasteiger partial charge in [0, 0.05) is 18.4 Å². The molecular weight excluding hydrogens is 180 g/mol. The molecule has 1 aromatic rings. The topological polar surface area (TPSA) is 62.2 Å². The number of nitrogens with zero attached hydrogens (tertiary/aromatic N) is 1. The van der Waals surface area contributed by atoms with Gasteiger partial charge in [0.05, 0.1) is 6.42 Å². The smallest absolute Gasteiger partial charge is 0.305 e. The maximum atomic E-state index is 10.6. The Morgan fingerprint density at radius 1 is 1.71 bits per heavy atom. The lowest BCUT2D eigenvalue weighted by Crippen LogP contribution is -2.23. The van der Waals surface area contributed by atoms with Crippen LogP contribution in [0.1, 0.15) is 24.9 Å². The van der Waals surface area contributed by atoms with E-state index in [1.807, 2.05) is 19.1 Å². The first-order chi connectivity index (χ1) is 6.74. The van der Waals surface area contributed by atoms with Crippen LogP contribution in [0.4, 0.5) is 0 Å². The second-order valence-electron chi connectivity index (χ2n) is 2.99. The minimum Gasteiger partial charge on any atom is -0.481 e.